The average Bonchev–Trinajstić information content (AvgIpc) is 3.22. The second-order valence-electron chi connectivity index (χ2n) is 6.89. The van der Waals surface area contributed by atoms with E-state index in [0.717, 1.165) is 29.6 Å². The first kappa shape index (κ1) is 20.2. The van der Waals surface area contributed by atoms with Crippen molar-refractivity contribution in [2.24, 2.45) is 0 Å². The van der Waals surface area contributed by atoms with Crippen molar-refractivity contribution in [3.63, 3.8) is 0 Å². The first-order valence-electron chi connectivity index (χ1n) is 9.94. The molecule has 0 saturated heterocycles. The molecule has 30 heavy (non-hydrogen) atoms. The summed E-state index contributed by atoms with van der Waals surface area (Å²) in [6.07, 6.45) is 2.57. The summed E-state index contributed by atoms with van der Waals surface area (Å²) in [5.41, 5.74) is 4.25. The maximum atomic E-state index is 5.90. The number of anilines is 3. The van der Waals surface area contributed by atoms with Gasteiger partial charge in [0.15, 0.2) is 11.5 Å². The molecule has 158 valence electrons. The number of fused-ring (bicyclic) bond motifs is 2. The lowest BCUT2D eigenvalue weighted by atomic mass is 10.1. The van der Waals surface area contributed by atoms with Crippen molar-refractivity contribution in [1.29, 1.82) is 0 Å². The molecule has 0 spiro atoms. The lowest BCUT2D eigenvalue weighted by Gasteiger charge is -2.15. The van der Waals surface area contributed by atoms with Crippen molar-refractivity contribution in [2.45, 2.75) is 6.42 Å². The second-order valence-corrected chi connectivity index (χ2v) is 6.89. The molecule has 3 aromatic rings. The molecule has 1 aliphatic rings. The van der Waals surface area contributed by atoms with Crippen molar-refractivity contribution < 1.29 is 18.9 Å². The number of methoxy groups -OCH3 is 2. The molecule has 1 aromatic heterocycles. The number of hydrogen-bond acceptors (Lipinski definition) is 8. The first-order chi connectivity index (χ1) is 14.8. The van der Waals surface area contributed by atoms with Gasteiger partial charge >= 0.3 is 0 Å². The predicted octanol–water partition coefficient (Wildman–Crippen LogP) is 3.39. The van der Waals surface area contributed by atoms with Gasteiger partial charge in [0.1, 0.15) is 25.4 Å². The smallest absolute Gasteiger partial charge is 0.163 e. The van der Waals surface area contributed by atoms with E-state index in [1.807, 2.05) is 18.2 Å². The van der Waals surface area contributed by atoms with Crippen molar-refractivity contribution >= 4 is 28.1 Å². The highest BCUT2D eigenvalue weighted by atomic mass is 16.5. The average molecular weight is 410 g/mol. The van der Waals surface area contributed by atoms with Crippen molar-refractivity contribution in [1.82, 2.24) is 9.97 Å². The van der Waals surface area contributed by atoms with Crippen LogP contribution in [0.1, 0.15) is 5.56 Å². The molecule has 2 aromatic carbocycles. The fourth-order valence-electron chi connectivity index (χ4n) is 3.38. The molecule has 0 atom stereocenters. The summed E-state index contributed by atoms with van der Waals surface area (Å²) in [7, 11) is 3.28. The Morgan fingerprint density at radius 1 is 0.933 bits per heavy atom. The summed E-state index contributed by atoms with van der Waals surface area (Å²) in [6, 6.07) is 10.1. The van der Waals surface area contributed by atoms with E-state index in [2.05, 4.69) is 32.7 Å². The minimum Gasteiger partial charge on any atom is -0.487 e. The van der Waals surface area contributed by atoms with Gasteiger partial charge in [0.25, 0.3) is 0 Å². The molecule has 0 radical (unpaired) electrons. The first-order valence-corrected chi connectivity index (χ1v) is 9.94. The van der Waals surface area contributed by atoms with Gasteiger partial charge in [0.2, 0.25) is 0 Å². The van der Waals surface area contributed by atoms with Gasteiger partial charge in [-0.25, -0.2) is 9.97 Å². The van der Waals surface area contributed by atoms with Crippen LogP contribution in [0.3, 0.4) is 0 Å². The number of rotatable bonds is 10. The van der Waals surface area contributed by atoms with Crippen LogP contribution in [-0.2, 0) is 15.9 Å². The van der Waals surface area contributed by atoms with Gasteiger partial charge in [-0.2, -0.15) is 0 Å². The van der Waals surface area contributed by atoms with Crippen molar-refractivity contribution in [3.05, 3.63) is 42.2 Å². The van der Waals surface area contributed by atoms with Gasteiger partial charge in [-0.3, -0.25) is 0 Å². The molecule has 0 unspecified atom stereocenters. The second kappa shape index (κ2) is 9.60. The van der Waals surface area contributed by atoms with E-state index in [1.54, 1.807) is 20.5 Å². The van der Waals surface area contributed by atoms with Crippen molar-refractivity contribution in [2.75, 3.05) is 57.8 Å². The van der Waals surface area contributed by atoms with Crippen LogP contribution in [0.15, 0.2) is 36.7 Å². The molecule has 4 rings (SSSR count). The Morgan fingerprint density at radius 3 is 2.47 bits per heavy atom. The van der Waals surface area contributed by atoms with Crippen LogP contribution in [0.25, 0.3) is 10.9 Å². The van der Waals surface area contributed by atoms with Crippen LogP contribution >= 0.6 is 0 Å². The fourth-order valence-corrected chi connectivity index (χ4v) is 3.38. The summed E-state index contributed by atoms with van der Waals surface area (Å²) >= 11 is 0. The van der Waals surface area contributed by atoms with Gasteiger partial charge in [0, 0.05) is 43.6 Å². The molecule has 2 N–H and O–H groups in total. The third-order valence-electron chi connectivity index (χ3n) is 4.87. The summed E-state index contributed by atoms with van der Waals surface area (Å²) < 4.78 is 21.9. The zero-order valence-corrected chi connectivity index (χ0v) is 17.2. The maximum absolute atomic E-state index is 5.90. The molecule has 0 saturated carbocycles. The number of nitrogens with zero attached hydrogens (tertiary/aromatic N) is 2. The van der Waals surface area contributed by atoms with Gasteiger partial charge in [-0.1, -0.05) is 0 Å². The number of aromatic nitrogens is 2. The quantitative estimate of drug-likeness (QED) is 0.492. The third-order valence-corrected chi connectivity index (χ3v) is 4.87. The lowest BCUT2D eigenvalue weighted by molar-refractivity contribution is 0.132. The highest BCUT2D eigenvalue weighted by molar-refractivity contribution is 5.93. The normalized spacial score (nSPS) is 12.5. The summed E-state index contributed by atoms with van der Waals surface area (Å²) in [5, 5.41) is 7.65. The Hall–Kier alpha value is -3.10. The molecule has 0 amide bonds. The Kier molecular flexibility index (Phi) is 6.46. The molecule has 8 heteroatoms. The van der Waals surface area contributed by atoms with E-state index in [4.69, 9.17) is 18.9 Å². The number of ether oxygens (including phenoxy) is 4. The van der Waals surface area contributed by atoms with Crippen LogP contribution in [-0.4, -0.2) is 57.2 Å². The Bertz CT molecular complexity index is 1010. The summed E-state index contributed by atoms with van der Waals surface area (Å²) in [6.45, 7) is 2.77. The topological polar surface area (TPSA) is 86.8 Å². The number of nitrogens with one attached hydrogen (secondary N) is 2. The number of benzene rings is 2. The Morgan fingerprint density at radius 2 is 1.70 bits per heavy atom. The zero-order chi connectivity index (χ0) is 20.8. The molecule has 0 bridgehead atoms. The van der Waals surface area contributed by atoms with Crippen LogP contribution in [0.4, 0.5) is 17.2 Å². The van der Waals surface area contributed by atoms with Crippen LogP contribution in [0.2, 0.25) is 0 Å². The monoisotopic (exact) mass is 410 g/mol. The molecular weight excluding hydrogens is 384 g/mol. The molecule has 8 nitrogen and oxygen atoms in total. The summed E-state index contributed by atoms with van der Waals surface area (Å²) in [4.78, 5) is 8.87. The van der Waals surface area contributed by atoms with Crippen LogP contribution in [0.5, 0.6) is 11.5 Å². The fraction of sp³-hybridized carbons (Fsp3) is 0.364. The minimum absolute atomic E-state index is 0.414. The van der Waals surface area contributed by atoms with Gasteiger partial charge in [-0.05, 0) is 36.2 Å². The van der Waals surface area contributed by atoms with Gasteiger partial charge in [0.05, 0.1) is 18.7 Å². The highest BCUT2D eigenvalue weighted by Crippen LogP contribution is 2.35. The Labute approximate surface area is 175 Å². The largest absolute Gasteiger partial charge is 0.487 e. The van der Waals surface area contributed by atoms with E-state index in [0.29, 0.717) is 43.7 Å². The minimum atomic E-state index is 0.414. The summed E-state index contributed by atoms with van der Waals surface area (Å²) in [5.74, 6) is 1.95. The molecule has 1 aliphatic heterocycles. The molecular formula is C22H26N4O4. The van der Waals surface area contributed by atoms with E-state index in [-0.39, 0.29) is 0 Å². The highest BCUT2D eigenvalue weighted by Gasteiger charge is 2.14. The maximum Gasteiger partial charge on any atom is 0.163 e. The SMILES string of the molecule is COCCOc1cc2ncnc(Nc3ccc4c(c3)CCN4)c2cc1OCCOC. The van der Waals surface area contributed by atoms with Gasteiger partial charge < -0.3 is 29.6 Å². The van der Waals surface area contributed by atoms with E-state index in [1.165, 1.54) is 11.3 Å². The van der Waals surface area contributed by atoms with Crippen LogP contribution < -0.4 is 20.1 Å². The lowest BCUT2D eigenvalue weighted by Crippen LogP contribution is -2.09. The third kappa shape index (κ3) is 4.55. The predicted molar refractivity (Wildman–Crippen MR) is 116 cm³/mol. The molecule has 0 aliphatic carbocycles. The zero-order valence-electron chi connectivity index (χ0n) is 17.2. The van der Waals surface area contributed by atoms with Crippen LogP contribution in [0, 0.1) is 0 Å². The number of hydrogen-bond donors (Lipinski definition) is 2. The van der Waals surface area contributed by atoms with Gasteiger partial charge in [-0.15, -0.1) is 0 Å². The standard InChI is InChI=1S/C22H26N4O4/c1-27-7-9-29-20-12-17-19(13-21(20)30-10-8-28-2)24-14-25-22(17)26-16-3-4-18-15(11-16)5-6-23-18/h3-4,11-14,23H,5-10H2,1-2H3,(H,24,25,26). The van der Waals surface area contributed by atoms with E-state index < -0.39 is 0 Å². The molecule has 0 fully saturated rings. The Balaban J connectivity index is 1.65. The van der Waals surface area contributed by atoms with Crippen molar-refractivity contribution in [3.8, 4) is 11.5 Å². The van der Waals surface area contributed by atoms with E-state index >= 15 is 0 Å². The molecule has 2 heterocycles. The van der Waals surface area contributed by atoms with E-state index in [9.17, 15) is 0 Å².